The van der Waals surface area contributed by atoms with Crippen molar-refractivity contribution in [3.63, 3.8) is 0 Å². The lowest BCUT2D eigenvalue weighted by molar-refractivity contribution is 0.669. The molecular formula is C44H36B8O. The van der Waals surface area contributed by atoms with E-state index in [1.807, 2.05) is 12.1 Å². The van der Waals surface area contributed by atoms with Gasteiger partial charge < -0.3 is 4.42 Å². The van der Waals surface area contributed by atoms with Gasteiger partial charge in [0, 0.05) is 10.8 Å². The lowest BCUT2D eigenvalue weighted by atomic mass is 9.59. The molecule has 0 fully saturated rings. The van der Waals surface area contributed by atoms with E-state index >= 15 is 0 Å². The van der Waals surface area contributed by atoms with Crippen LogP contribution in [-0.4, -0.2) is 62.8 Å². The molecule has 1 aromatic heterocycles. The summed E-state index contributed by atoms with van der Waals surface area (Å²) in [5, 5.41) is 7.78. The van der Waals surface area contributed by atoms with Gasteiger partial charge in [0.05, 0.1) is 0 Å². The van der Waals surface area contributed by atoms with Crippen molar-refractivity contribution >= 4 is 150 Å². The van der Waals surface area contributed by atoms with Gasteiger partial charge in [-0.25, -0.2) is 0 Å². The van der Waals surface area contributed by atoms with Gasteiger partial charge in [-0.05, 0) is 84.3 Å². The van der Waals surface area contributed by atoms with Crippen LogP contribution < -0.4 is 43.7 Å². The van der Waals surface area contributed by atoms with E-state index in [-0.39, 0.29) is 0 Å². The minimum atomic E-state index is 0.923. The first-order valence-electron chi connectivity index (χ1n) is 18.8. The molecule has 0 saturated heterocycles. The number of rotatable bonds is 4. The maximum Gasteiger partial charge on any atom is 0.139 e. The average molecular weight is 667 g/mol. The van der Waals surface area contributed by atoms with Crippen molar-refractivity contribution in [2.24, 2.45) is 0 Å². The van der Waals surface area contributed by atoms with E-state index in [0.29, 0.717) is 0 Å². The van der Waals surface area contributed by atoms with Crippen LogP contribution in [0.4, 0.5) is 0 Å². The van der Waals surface area contributed by atoms with Gasteiger partial charge in [-0.15, -0.1) is 21.9 Å². The topological polar surface area (TPSA) is 13.1 Å². The molecule has 242 valence electrons. The van der Waals surface area contributed by atoms with E-state index in [1.54, 1.807) is 0 Å². The van der Waals surface area contributed by atoms with Crippen molar-refractivity contribution in [1.29, 1.82) is 0 Å². The van der Waals surface area contributed by atoms with Gasteiger partial charge in [-0.2, -0.15) is 0 Å². The molecule has 0 radical (unpaired) electrons. The minimum absolute atomic E-state index is 0.923. The summed E-state index contributed by atoms with van der Waals surface area (Å²) in [6.07, 6.45) is 0. The third kappa shape index (κ3) is 5.12. The van der Waals surface area contributed by atoms with E-state index in [4.69, 9.17) is 4.42 Å². The summed E-state index contributed by atoms with van der Waals surface area (Å²) in [7, 11) is 18.6. The molecule has 53 heavy (non-hydrogen) atoms. The predicted molar refractivity (Wildman–Crippen MR) is 256 cm³/mol. The lowest BCUT2D eigenvalue weighted by Gasteiger charge is -2.28. The first kappa shape index (κ1) is 33.4. The zero-order valence-electron chi connectivity index (χ0n) is 32.0. The van der Waals surface area contributed by atoms with Crippen molar-refractivity contribution in [3.05, 3.63) is 121 Å². The molecule has 1 heterocycles. The number of para-hydroxylation sites is 1. The Bertz CT molecular complexity index is 2870. The summed E-state index contributed by atoms with van der Waals surface area (Å²) in [5.74, 6) is 0. The molecule has 0 bridgehead atoms. The fraction of sp³-hybridized carbons (Fsp3) is 0. The van der Waals surface area contributed by atoms with Crippen molar-refractivity contribution < 1.29 is 4.42 Å². The van der Waals surface area contributed by atoms with Gasteiger partial charge in [0.2, 0.25) is 0 Å². The Balaban J connectivity index is 1.33. The second-order valence-corrected chi connectivity index (χ2v) is 15.1. The predicted octanol–water partition coefficient (Wildman–Crippen LogP) is -1.37. The summed E-state index contributed by atoms with van der Waals surface area (Å²) in [4.78, 5) is 0. The molecule has 0 saturated carbocycles. The van der Waals surface area contributed by atoms with E-state index < -0.39 is 0 Å². The summed E-state index contributed by atoms with van der Waals surface area (Å²) in [6.45, 7) is 0. The van der Waals surface area contributed by atoms with E-state index in [2.05, 4.69) is 172 Å². The highest BCUT2D eigenvalue weighted by atomic mass is 16.3. The molecule has 0 unspecified atom stereocenters. The lowest BCUT2D eigenvalue weighted by Crippen LogP contribution is -2.50. The number of hydrogen-bond donors (Lipinski definition) is 0. The van der Waals surface area contributed by atoms with Crippen LogP contribution in [0.15, 0.2) is 126 Å². The number of benzene rings is 8. The third-order valence-corrected chi connectivity index (χ3v) is 12.5. The molecule has 0 aliphatic heterocycles. The van der Waals surface area contributed by atoms with Gasteiger partial charge in [0.1, 0.15) is 73.9 Å². The number of hydrogen-bond acceptors (Lipinski definition) is 1. The largest absolute Gasteiger partial charge is 0.456 e. The van der Waals surface area contributed by atoms with Gasteiger partial charge in [-0.3, -0.25) is 0 Å². The molecule has 0 spiro atoms. The van der Waals surface area contributed by atoms with Crippen LogP contribution in [0.25, 0.3) is 88.0 Å². The van der Waals surface area contributed by atoms with E-state index in [0.717, 1.165) is 21.9 Å². The molecule has 9 heteroatoms. The Morgan fingerprint density at radius 3 is 1.13 bits per heavy atom. The molecule has 0 aliphatic carbocycles. The van der Waals surface area contributed by atoms with Crippen LogP contribution in [0.1, 0.15) is 0 Å². The summed E-state index contributed by atoms with van der Waals surface area (Å²) < 4.78 is 6.15. The number of furan rings is 1. The first-order valence-corrected chi connectivity index (χ1v) is 18.8. The molecule has 8 aromatic carbocycles. The highest BCUT2D eigenvalue weighted by molar-refractivity contribution is 6.71. The van der Waals surface area contributed by atoms with Crippen LogP contribution in [0, 0.1) is 0 Å². The highest BCUT2D eigenvalue weighted by Crippen LogP contribution is 2.42. The van der Waals surface area contributed by atoms with Gasteiger partial charge in [-0.1, -0.05) is 125 Å². The summed E-state index contributed by atoms with van der Waals surface area (Å²) in [6, 6.07) is 44.2. The Morgan fingerprint density at radius 1 is 0.283 bits per heavy atom. The fourth-order valence-corrected chi connectivity index (χ4v) is 8.90. The van der Waals surface area contributed by atoms with Crippen molar-refractivity contribution in [2.75, 3.05) is 0 Å². The van der Waals surface area contributed by atoms with Gasteiger partial charge >= 0.3 is 0 Å². The molecule has 9 rings (SSSR count). The molecule has 1 nitrogen and oxygen atoms in total. The Morgan fingerprint density at radius 2 is 0.642 bits per heavy atom. The normalized spacial score (nSPS) is 11.6. The average Bonchev–Trinajstić information content (AvgIpc) is 3.58. The molecular weight excluding hydrogens is 631 g/mol. The summed E-state index contributed by atoms with van der Waals surface area (Å²) >= 11 is 0. The Hall–Kier alpha value is -5.40. The third-order valence-electron chi connectivity index (χ3n) is 12.5. The van der Waals surface area contributed by atoms with Gasteiger partial charge in [0.25, 0.3) is 0 Å². The Kier molecular flexibility index (Phi) is 7.97. The van der Waals surface area contributed by atoms with Crippen LogP contribution in [0.2, 0.25) is 0 Å². The van der Waals surface area contributed by atoms with E-state index in [1.165, 1.54) is 110 Å². The monoisotopic (exact) mass is 668 g/mol. The zero-order chi connectivity index (χ0) is 36.7. The van der Waals surface area contributed by atoms with Crippen LogP contribution >= 0.6 is 0 Å². The zero-order valence-corrected chi connectivity index (χ0v) is 32.0. The fourth-order valence-electron chi connectivity index (χ4n) is 8.90. The first-order chi connectivity index (χ1) is 25.6. The second-order valence-electron chi connectivity index (χ2n) is 15.1. The summed E-state index contributed by atoms with van der Waals surface area (Å²) in [5.41, 5.74) is 22.9. The van der Waals surface area contributed by atoms with Crippen molar-refractivity contribution in [3.8, 4) is 44.5 Å². The van der Waals surface area contributed by atoms with Crippen molar-refractivity contribution in [2.45, 2.75) is 0 Å². The highest BCUT2D eigenvalue weighted by Gasteiger charge is 2.25. The van der Waals surface area contributed by atoms with Crippen molar-refractivity contribution in [1.82, 2.24) is 0 Å². The molecule has 0 N–H and O–H groups in total. The minimum Gasteiger partial charge on any atom is -0.456 e. The molecule has 0 atom stereocenters. The van der Waals surface area contributed by atoms with Gasteiger partial charge in [0.15, 0.2) is 0 Å². The smallest absolute Gasteiger partial charge is 0.139 e. The Labute approximate surface area is 318 Å². The molecule has 0 amide bonds. The quantitative estimate of drug-likeness (QED) is 0.167. The van der Waals surface area contributed by atoms with Crippen LogP contribution in [0.3, 0.4) is 0 Å². The maximum atomic E-state index is 6.15. The van der Waals surface area contributed by atoms with E-state index in [9.17, 15) is 0 Å². The molecule has 9 aromatic rings. The van der Waals surface area contributed by atoms with Crippen LogP contribution in [0.5, 0.6) is 0 Å². The molecule has 0 aliphatic rings. The SMILES string of the molecule is Bc1c(B)c(B)c2c(-c3ccc(-c4ccc5oc6ccccc6c5c4)cc3)c3c(B)c(B)c(B)c(B)c3c(-c3ccc(-c4ccccc4)cc3)c2c1B. The second kappa shape index (κ2) is 12.6. The van der Waals surface area contributed by atoms with Crippen LogP contribution in [-0.2, 0) is 0 Å². The standard InChI is InChI=1S/C44H36B8O/c45-37-33-31(24-14-10-22(11-15-24)21-6-2-1-3-7-21)34-36(40(48)44(52)42(50)38(34)46)32(35(33)39(47)43(51)41(37)49)25-16-12-23(13-17-25)26-18-19-30-28(20-26)27-8-4-5-9-29(27)53-30/h1-20H,45-52H2. The maximum absolute atomic E-state index is 6.15. The number of fused-ring (bicyclic) bond motifs is 5.